The molecular formula is C7H19N3. The lowest BCUT2D eigenvalue weighted by Gasteiger charge is -2.22. The Kier molecular flexibility index (Phi) is 3.86. The van der Waals surface area contributed by atoms with Crippen LogP contribution in [-0.2, 0) is 0 Å². The van der Waals surface area contributed by atoms with Gasteiger partial charge in [-0.1, -0.05) is 0 Å². The van der Waals surface area contributed by atoms with Gasteiger partial charge >= 0.3 is 0 Å². The summed E-state index contributed by atoms with van der Waals surface area (Å²) >= 11 is 0. The Morgan fingerprint density at radius 2 is 1.90 bits per heavy atom. The molecule has 0 bridgehead atoms. The van der Waals surface area contributed by atoms with Crippen molar-refractivity contribution in [2.75, 3.05) is 13.1 Å². The maximum Gasteiger partial charge on any atom is 0.0290 e. The molecule has 1 unspecified atom stereocenters. The standard InChI is InChI=1S/C7H19N3/c1-7(2,3)10-5-6(9)4-8/h6,10H,4-5,8-9H2,1-3H3. The molecule has 0 aromatic heterocycles. The van der Waals surface area contributed by atoms with Gasteiger partial charge in [-0.05, 0) is 20.8 Å². The van der Waals surface area contributed by atoms with E-state index in [1.807, 2.05) is 0 Å². The molecular weight excluding hydrogens is 126 g/mol. The second kappa shape index (κ2) is 3.91. The fraction of sp³-hybridized carbons (Fsp3) is 1.00. The molecule has 0 aliphatic rings. The van der Waals surface area contributed by atoms with Crippen molar-refractivity contribution in [1.29, 1.82) is 0 Å². The summed E-state index contributed by atoms with van der Waals surface area (Å²) < 4.78 is 0. The zero-order valence-corrected chi connectivity index (χ0v) is 7.15. The molecule has 0 aromatic carbocycles. The molecule has 5 N–H and O–H groups in total. The van der Waals surface area contributed by atoms with E-state index in [1.165, 1.54) is 0 Å². The molecule has 0 heterocycles. The topological polar surface area (TPSA) is 64.1 Å². The first-order valence-electron chi connectivity index (χ1n) is 3.66. The molecule has 0 rings (SSSR count). The van der Waals surface area contributed by atoms with E-state index < -0.39 is 0 Å². The quantitative estimate of drug-likeness (QED) is 0.509. The van der Waals surface area contributed by atoms with Gasteiger partial charge in [0.1, 0.15) is 0 Å². The van der Waals surface area contributed by atoms with Crippen molar-refractivity contribution in [3.63, 3.8) is 0 Å². The Hall–Kier alpha value is -0.120. The highest BCUT2D eigenvalue weighted by atomic mass is 15.0. The number of nitrogens with one attached hydrogen (secondary N) is 1. The minimum atomic E-state index is 0.0826. The Bertz CT molecular complexity index is 85.3. The molecule has 0 saturated heterocycles. The van der Waals surface area contributed by atoms with Gasteiger partial charge in [0, 0.05) is 24.7 Å². The van der Waals surface area contributed by atoms with Crippen LogP contribution in [0.5, 0.6) is 0 Å². The van der Waals surface area contributed by atoms with Crippen LogP contribution in [0.25, 0.3) is 0 Å². The third-order valence-corrected chi connectivity index (χ3v) is 1.20. The van der Waals surface area contributed by atoms with Gasteiger partial charge in [-0.2, -0.15) is 0 Å². The van der Waals surface area contributed by atoms with Crippen LogP contribution >= 0.6 is 0 Å². The molecule has 1 atom stereocenters. The van der Waals surface area contributed by atoms with Gasteiger partial charge in [-0.15, -0.1) is 0 Å². The normalized spacial score (nSPS) is 15.3. The molecule has 0 aliphatic carbocycles. The molecule has 0 fully saturated rings. The Morgan fingerprint density at radius 1 is 1.40 bits per heavy atom. The van der Waals surface area contributed by atoms with Crippen molar-refractivity contribution in [2.45, 2.75) is 32.4 Å². The number of hydrogen-bond donors (Lipinski definition) is 3. The summed E-state index contributed by atoms with van der Waals surface area (Å²) in [5.41, 5.74) is 11.1. The Morgan fingerprint density at radius 3 is 2.20 bits per heavy atom. The number of nitrogens with two attached hydrogens (primary N) is 2. The summed E-state index contributed by atoms with van der Waals surface area (Å²) in [5.74, 6) is 0. The van der Waals surface area contributed by atoms with Crippen LogP contribution in [-0.4, -0.2) is 24.7 Å². The third-order valence-electron chi connectivity index (χ3n) is 1.20. The molecule has 0 aromatic rings. The highest BCUT2D eigenvalue weighted by Crippen LogP contribution is 1.96. The maximum absolute atomic E-state index is 5.59. The zero-order chi connectivity index (χ0) is 8.20. The summed E-state index contributed by atoms with van der Waals surface area (Å²) in [6.07, 6.45) is 0. The van der Waals surface area contributed by atoms with Gasteiger partial charge in [-0.25, -0.2) is 0 Å². The van der Waals surface area contributed by atoms with E-state index >= 15 is 0 Å². The van der Waals surface area contributed by atoms with E-state index in [0.29, 0.717) is 6.54 Å². The first kappa shape index (κ1) is 9.88. The zero-order valence-electron chi connectivity index (χ0n) is 7.15. The van der Waals surface area contributed by atoms with Crippen LogP contribution in [0.15, 0.2) is 0 Å². The maximum atomic E-state index is 5.59. The van der Waals surface area contributed by atoms with Crippen LogP contribution in [0, 0.1) is 0 Å². The molecule has 0 radical (unpaired) electrons. The average Bonchev–Trinajstić information content (AvgIpc) is 1.81. The van der Waals surface area contributed by atoms with Gasteiger partial charge in [0.2, 0.25) is 0 Å². The lowest BCUT2D eigenvalue weighted by Crippen LogP contribution is -2.46. The monoisotopic (exact) mass is 145 g/mol. The second-order valence-corrected chi connectivity index (χ2v) is 3.63. The highest BCUT2D eigenvalue weighted by Gasteiger charge is 2.09. The SMILES string of the molecule is CC(C)(C)NCC(N)CN. The summed E-state index contributed by atoms with van der Waals surface area (Å²) in [6.45, 7) is 7.66. The molecule has 3 heteroatoms. The van der Waals surface area contributed by atoms with Crippen LogP contribution < -0.4 is 16.8 Å². The first-order chi connectivity index (χ1) is 4.45. The van der Waals surface area contributed by atoms with Crippen molar-refractivity contribution in [3.8, 4) is 0 Å². The Balaban J connectivity index is 3.36. The van der Waals surface area contributed by atoms with E-state index in [9.17, 15) is 0 Å². The van der Waals surface area contributed by atoms with Gasteiger partial charge in [0.15, 0.2) is 0 Å². The third kappa shape index (κ3) is 6.01. The summed E-state index contributed by atoms with van der Waals surface area (Å²) in [5, 5.41) is 3.27. The highest BCUT2D eigenvalue weighted by molar-refractivity contribution is 4.74. The van der Waals surface area contributed by atoms with Crippen molar-refractivity contribution >= 4 is 0 Å². The predicted octanol–water partition coefficient (Wildman–Crippen LogP) is -0.339. The largest absolute Gasteiger partial charge is 0.329 e. The minimum Gasteiger partial charge on any atom is -0.329 e. The average molecular weight is 145 g/mol. The molecule has 62 valence electrons. The molecule has 0 saturated carbocycles. The van der Waals surface area contributed by atoms with Crippen LogP contribution in [0.4, 0.5) is 0 Å². The first-order valence-corrected chi connectivity index (χ1v) is 3.66. The van der Waals surface area contributed by atoms with E-state index in [0.717, 1.165) is 6.54 Å². The van der Waals surface area contributed by atoms with E-state index in [-0.39, 0.29) is 11.6 Å². The van der Waals surface area contributed by atoms with Crippen molar-refractivity contribution in [1.82, 2.24) is 5.32 Å². The fourth-order valence-corrected chi connectivity index (χ4v) is 0.521. The lowest BCUT2D eigenvalue weighted by atomic mass is 10.1. The minimum absolute atomic E-state index is 0.0826. The smallest absolute Gasteiger partial charge is 0.0290 e. The van der Waals surface area contributed by atoms with Gasteiger partial charge in [0.25, 0.3) is 0 Å². The van der Waals surface area contributed by atoms with E-state index in [2.05, 4.69) is 26.1 Å². The molecule has 0 amide bonds. The predicted molar refractivity (Wildman–Crippen MR) is 44.8 cm³/mol. The van der Waals surface area contributed by atoms with Gasteiger partial charge < -0.3 is 16.8 Å². The van der Waals surface area contributed by atoms with Crippen LogP contribution in [0.1, 0.15) is 20.8 Å². The summed E-state index contributed by atoms with van der Waals surface area (Å²) in [7, 11) is 0. The number of rotatable bonds is 3. The van der Waals surface area contributed by atoms with Crippen LogP contribution in [0.3, 0.4) is 0 Å². The van der Waals surface area contributed by atoms with Crippen molar-refractivity contribution in [3.05, 3.63) is 0 Å². The molecule has 0 aliphatic heterocycles. The lowest BCUT2D eigenvalue weighted by molar-refractivity contribution is 0.407. The Labute approximate surface area is 63.2 Å². The van der Waals surface area contributed by atoms with Crippen molar-refractivity contribution in [2.24, 2.45) is 11.5 Å². The second-order valence-electron chi connectivity index (χ2n) is 3.63. The molecule has 10 heavy (non-hydrogen) atoms. The van der Waals surface area contributed by atoms with Crippen LogP contribution in [0.2, 0.25) is 0 Å². The molecule has 0 spiro atoms. The number of hydrogen-bond acceptors (Lipinski definition) is 3. The molecule has 3 nitrogen and oxygen atoms in total. The fourth-order valence-electron chi connectivity index (χ4n) is 0.521. The van der Waals surface area contributed by atoms with Gasteiger partial charge in [0.05, 0.1) is 0 Å². The summed E-state index contributed by atoms with van der Waals surface area (Å²) in [6, 6.07) is 0.0826. The summed E-state index contributed by atoms with van der Waals surface area (Å²) in [4.78, 5) is 0. The van der Waals surface area contributed by atoms with E-state index in [4.69, 9.17) is 11.5 Å². The van der Waals surface area contributed by atoms with Crippen molar-refractivity contribution < 1.29 is 0 Å². The van der Waals surface area contributed by atoms with E-state index in [1.54, 1.807) is 0 Å². The van der Waals surface area contributed by atoms with Gasteiger partial charge in [-0.3, -0.25) is 0 Å².